The largest absolute Gasteiger partial charge is 0.463 e. The zero-order chi connectivity index (χ0) is 20.8. The van der Waals surface area contributed by atoms with E-state index in [2.05, 4.69) is 15.2 Å². The summed E-state index contributed by atoms with van der Waals surface area (Å²) in [5, 5.41) is 2.94. The predicted molar refractivity (Wildman–Crippen MR) is 105 cm³/mol. The Balaban J connectivity index is 1.94. The number of rotatable bonds is 7. The summed E-state index contributed by atoms with van der Waals surface area (Å²) in [7, 11) is 1.56. The zero-order valence-corrected chi connectivity index (χ0v) is 17.0. The van der Waals surface area contributed by atoms with Crippen LogP contribution in [-0.4, -0.2) is 66.8 Å². The molecule has 2 heterocycles. The standard InChI is InChI=1S/C18H27ClN4O5/c1-10(2)28-15(24)5-7-23-6-4-13(14(9-23)27-3)21-17(25)11-8-12(19)16(20)22-18(11)26/h8,10,13-14H,4-7,9H2,1-3H3,(H,21,25)(H3,20,22,26)/t13-,14+/m0/s1. The highest BCUT2D eigenvalue weighted by atomic mass is 35.5. The number of ether oxygens (including phenoxy) is 2. The number of aromatic amines is 1. The van der Waals surface area contributed by atoms with Crippen molar-refractivity contribution in [3.63, 3.8) is 0 Å². The fourth-order valence-corrected chi connectivity index (χ4v) is 3.25. The summed E-state index contributed by atoms with van der Waals surface area (Å²) >= 11 is 5.90. The van der Waals surface area contributed by atoms with Crippen molar-refractivity contribution in [3.8, 4) is 0 Å². The molecule has 2 rings (SSSR count). The molecule has 1 aliphatic heterocycles. The van der Waals surface area contributed by atoms with Crippen LogP contribution in [-0.2, 0) is 14.3 Å². The van der Waals surface area contributed by atoms with E-state index < -0.39 is 11.5 Å². The molecule has 4 N–H and O–H groups in total. The number of nitrogen functional groups attached to an aromatic ring is 1. The molecule has 1 aromatic heterocycles. The number of esters is 1. The van der Waals surface area contributed by atoms with Crippen molar-refractivity contribution < 1.29 is 19.1 Å². The van der Waals surface area contributed by atoms with Crippen LogP contribution in [0.25, 0.3) is 0 Å². The lowest BCUT2D eigenvalue weighted by Gasteiger charge is -2.37. The second-order valence-corrected chi connectivity index (χ2v) is 7.41. The fourth-order valence-electron chi connectivity index (χ4n) is 3.09. The summed E-state index contributed by atoms with van der Waals surface area (Å²) in [6, 6.07) is 0.981. The van der Waals surface area contributed by atoms with Crippen LogP contribution >= 0.6 is 11.6 Å². The van der Waals surface area contributed by atoms with Crippen molar-refractivity contribution in [1.29, 1.82) is 0 Å². The Bertz CT molecular complexity index is 767. The zero-order valence-electron chi connectivity index (χ0n) is 16.3. The van der Waals surface area contributed by atoms with Gasteiger partial charge in [-0.15, -0.1) is 0 Å². The molecule has 0 spiro atoms. The topological polar surface area (TPSA) is 127 Å². The first-order valence-corrected chi connectivity index (χ1v) is 9.52. The number of methoxy groups -OCH3 is 1. The van der Waals surface area contributed by atoms with Gasteiger partial charge in [0.25, 0.3) is 11.5 Å². The van der Waals surface area contributed by atoms with E-state index in [0.29, 0.717) is 32.5 Å². The smallest absolute Gasteiger partial charge is 0.307 e. The van der Waals surface area contributed by atoms with Gasteiger partial charge in [0.05, 0.1) is 29.7 Å². The van der Waals surface area contributed by atoms with Crippen LogP contribution < -0.4 is 16.6 Å². The summed E-state index contributed by atoms with van der Waals surface area (Å²) in [6.45, 7) is 5.41. The van der Waals surface area contributed by atoms with Crippen LogP contribution in [0, 0.1) is 0 Å². The SMILES string of the molecule is CO[C@@H]1CN(CCC(=O)OC(C)C)CC[C@@H]1NC(=O)c1cc(Cl)c(N)[nH]c1=O. The first-order valence-electron chi connectivity index (χ1n) is 9.15. The second kappa shape index (κ2) is 9.90. The molecular weight excluding hydrogens is 388 g/mol. The molecule has 1 aliphatic rings. The summed E-state index contributed by atoms with van der Waals surface area (Å²) < 4.78 is 10.7. The molecular formula is C18H27ClN4O5. The molecule has 0 saturated carbocycles. The molecule has 0 radical (unpaired) electrons. The maximum absolute atomic E-state index is 12.5. The maximum Gasteiger partial charge on any atom is 0.307 e. The van der Waals surface area contributed by atoms with E-state index in [-0.39, 0.29) is 40.6 Å². The molecule has 10 heteroatoms. The number of carbonyl (C=O) groups excluding carboxylic acids is 2. The number of carbonyl (C=O) groups is 2. The Morgan fingerprint density at radius 2 is 2.18 bits per heavy atom. The van der Waals surface area contributed by atoms with Gasteiger partial charge in [-0.05, 0) is 26.3 Å². The Kier molecular flexibility index (Phi) is 7.85. The van der Waals surface area contributed by atoms with E-state index in [1.54, 1.807) is 7.11 Å². The molecule has 1 aromatic rings. The summed E-state index contributed by atoms with van der Waals surface area (Å²) in [5.74, 6) is -0.759. The number of nitrogens with one attached hydrogen (secondary N) is 2. The molecule has 0 aliphatic carbocycles. The van der Waals surface area contributed by atoms with Crippen molar-refractivity contribution in [1.82, 2.24) is 15.2 Å². The molecule has 9 nitrogen and oxygen atoms in total. The molecule has 1 amide bonds. The van der Waals surface area contributed by atoms with E-state index >= 15 is 0 Å². The predicted octanol–water partition coefficient (Wildman–Crippen LogP) is 0.771. The number of likely N-dealkylation sites (tertiary alicyclic amines) is 1. The van der Waals surface area contributed by atoms with Gasteiger partial charge >= 0.3 is 5.97 Å². The second-order valence-electron chi connectivity index (χ2n) is 7.01. The number of aromatic nitrogens is 1. The number of H-pyrrole nitrogens is 1. The van der Waals surface area contributed by atoms with Crippen LogP contribution in [0.3, 0.4) is 0 Å². The van der Waals surface area contributed by atoms with Crippen LogP contribution in [0.4, 0.5) is 5.82 Å². The van der Waals surface area contributed by atoms with Crippen molar-refractivity contribution in [3.05, 3.63) is 27.0 Å². The van der Waals surface area contributed by atoms with Crippen LogP contribution in [0.5, 0.6) is 0 Å². The molecule has 2 atom stereocenters. The third-order valence-electron chi connectivity index (χ3n) is 4.53. The van der Waals surface area contributed by atoms with Gasteiger partial charge in [0.15, 0.2) is 0 Å². The molecule has 0 aromatic carbocycles. The number of hydrogen-bond donors (Lipinski definition) is 3. The van der Waals surface area contributed by atoms with Gasteiger partial charge < -0.3 is 30.4 Å². The van der Waals surface area contributed by atoms with E-state index in [9.17, 15) is 14.4 Å². The highest BCUT2D eigenvalue weighted by Crippen LogP contribution is 2.17. The lowest BCUT2D eigenvalue weighted by Crippen LogP contribution is -2.55. The van der Waals surface area contributed by atoms with Crippen molar-refractivity contribution in [2.45, 2.75) is 44.9 Å². The van der Waals surface area contributed by atoms with E-state index in [1.807, 2.05) is 13.8 Å². The Morgan fingerprint density at radius 1 is 1.46 bits per heavy atom. The average molecular weight is 415 g/mol. The van der Waals surface area contributed by atoms with Crippen LogP contribution in [0.15, 0.2) is 10.9 Å². The van der Waals surface area contributed by atoms with Gasteiger partial charge in [0.1, 0.15) is 11.4 Å². The van der Waals surface area contributed by atoms with E-state index in [0.717, 1.165) is 0 Å². The van der Waals surface area contributed by atoms with Gasteiger partial charge in [-0.2, -0.15) is 0 Å². The summed E-state index contributed by atoms with van der Waals surface area (Å²) in [5.41, 5.74) is 4.83. The number of amides is 1. The molecule has 28 heavy (non-hydrogen) atoms. The minimum atomic E-state index is -0.602. The van der Waals surface area contributed by atoms with E-state index in [1.165, 1.54) is 6.07 Å². The number of pyridine rings is 1. The average Bonchev–Trinajstić information content (AvgIpc) is 2.63. The van der Waals surface area contributed by atoms with Gasteiger partial charge in [0.2, 0.25) is 0 Å². The number of hydrogen-bond acceptors (Lipinski definition) is 7. The summed E-state index contributed by atoms with van der Waals surface area (Å²) in [6.07, 6.45) is 0.502. The highest BCUT2D eigenvalue weighted by molar-refractivity contribution is 6.33. The number of piperidine rings is 1. The lowest BCUT2D eigenvalue weighted by molar-refractivity contribution is -0.148. The van der Waals surface area contributed by atoms with Crippen molar-refractivity contribution in [2.75, 3.05) is 32.5 Å². The molecule has 0 bridgehead atoms. The molecule has 0 unspecified atom stereocenters. The number of anilines is 1. The molecule has 1 fully saturated rings. The van der Waals surface area contributed by atoms with Crippen molar-refractivity contribution in [2.24, 2.45) is 0 Å². The lowest BCUT2D eigenvalue weighted by atomic mass is 10.0. The Morgan fingerprint density at radius 3 is 2.82 bits per heavy atom. The molecule has 1 saturated heterocycles. The van der Waals surface area contributed by atoms with Gasteiger partial charge in [0, 0.05) is 26.7 Å². The Labute approximate surface area is 168 Å². The highest BCUT2D eigenvalue weighted by Gasteiger charge is 2.31. The first kappa shape index (κ1) is 22.2. The normalized spacial score (nSPS) is 20.2. The number of nitrogens with two attached hydrogens (primary N) is 1. The van der Waals surface area contributed by atoms with Crippen LogP contribution in [0.2, 0.25) is 5.02 Å². The van der Waals surface area contributed by atoms with E-state index in [4.69, 9.17) is 26.8 Å². The minimum Gasteiger partial charge on any atom is -0.463 e. The van der Waals surface area contributed by atoms with Crippen LogP contribution in [0.1, 0.15) is 37.0 Å². The summed E-state index contributed by atoms with van der Waals surface area (Å²) in [4.78, 5) is 40.6. The third kappa shape index (κ3) is 5.95. The van der Waals surface area contributed by atoms with Gasteiger partial charge in [-0.3, -0.25) is 14.4 Å². The maximum atomic E-state index is 12.5. The monoisotopic (exact) mass is 414 g/mol. The van der Waals surface area contributed by atoms with Gasteiger partial charge in [-0.1, -0.05) is 11.6 Å². The number of halogens is 1. The van der Waals surface area contributed by atoms with Crippen molar-refractivity contribution >= 4 is 29.3 Å². The number of nitrogens with zero attached hydrogens (tertiary/aromatic N) is 1. The third-order valence-corrected chi connectivity index (χ3v) is 4.84. The quantitative estimate of drug-likeness (QED) is 0.562. The molecule has 156 valence electrons. The minimum absolute atomic E-state index is 0.0160. The first-order chi connectivity index (χ1) is 13.2. The van der Waals surface area contributed by atoms with Gasteiger partial charge in [-0.25, -0.2) is 0 Å². The Hall–Kier alpha value is -2.10. The fraction of sp³-hybridized carbons (Fsp3) is 0.611.